The van der Waals surface area contributed by atoms with E-state index in [-0.39, 0.29) is 6.61 Å². The molecular weight excluding hydrogens is 486 g/mol. The second-order valence-electron chi connectivity index (χ2n) is 8.37. The van der Waals surface area contributed by atoms with Crippen molar-refractivity contribution in [3.05, 3.63) is 66.0 Å². The van der Waals surface area contributed by atoms with E-state index in [1.54, 1.807) is 53.7 Å². The number of nitrogens with zero attached hydrogens (tertiary/aromatic N) is 3. The number of hydrogen-bond acceptors (Lipinski definition) is 9. The molecule has 0 unspecified atom stereocenters. The van der Waals surface area contributed by atoms with Gasteiger partial charge in [0.05, 0.1) is 58.4 Å². The summed E-state index contributed by atoms with van der Waals surface area (Å²) in [5.41, 5.74) is 2.87. The molecule has 9 nitrogen and oxygen atoms in total. The molecule has 0 aliphatic rings. The molecular formula is C29H31N3O6. The van der Waals surface area contributed by atoms with E-state index in [1.165, 1.54) is 0 Å². The summed E-state index contributed by atoms with van der Waals surface area (Å²) >= 11 is 0. The van der Waals surface area contributed by atoms with Crippen molar-refractivity contribution in [1.29, 1.82) is 0 Å². The lowest BCUT2D eigenvalue weighted by molar-refractivity contribution is 0.0525. The highest BCUT2D eigenvalue weighted by Crippen LogP contribution is 2.42. The molecule has 0 saturated carbocycles. The molecule has 0 aliphatic carbocycles. The molecule has 0 fully saturated rings. The largest absolute Gasteiger partial charge is 0.493 e. The van der Waals surface area contributed by atoms with Crippen LogP contribution in [0.3, 0.4) is 0 Å². The van der Waals surface area contributed by atoms with E-state index in [1.807, 2.05) is 48.3 Å². The first-order valence-electron chi connectivity index (χ1n) is 12.1. The van der Waals surface area contributed by atoms with Crippen LogP contribution in [-0.2, 0) is 11.3 Å². The van der Waals surface area contributed by atoms with Crippen molar-refractivity contribution in [2.45, 2.75) is 13.5 Å². The van der Waals surface area contributed by atoms with E-state index in [9.17, 15) is 4.79 Å². The van der Waals surface area contributed by atoms with E-state index in [0.717, 1.165) is 11.4 Å². The zero-order chi connectivity index (χ0) is 27.2. The van der Waals surface area contributed by atoms with Crippen LogP contribution in [0.1, 0.15) is 23.0 Å². The fraction of sp³-hybridized carbons (Fsp3) is 0.276. The van der Waals surface area contributed by atoms with Crippen LogP contribution in [0.25, 0.3) is 22.0 Å². The minimum Gasteiger partial charge on any atom is -0.493 e. The lowest BCUT2D eigenvalue weighted by Crippen LogP contribution is -2.22. The van der Waals surface area contributed by atoms with Crippen LogP contribution in [0, 0.1) is 0 Å². The van der Waals surface area contributed by atoms with Gasteiger partial charge in [0, 0.05) is 30.3 Å². The van der Waals surface area contributed by atoms with Crippen LogP contribution in [0.15, 0.2) is 54.7 Å². The van der Waals surface area contributed by atoms with Crippen molar-refractivity contribution in [3.8, 4) is 34.1 Å². The molecule has 0 amide bonds. The summed E-state index contributed by atoms with van der Waals surface area (Å²) in [6.07, 6.45) is 1.72. The van der Waals surface area contributed by atoms with Gasteiger partial charge in [-0.15, -0.1) is 0 Å². The second kappa shape index (κ2) is 11.7. The van der Waals surface area contributed by atoms with Gasteiger partial charge in [0.2, 0.25) is 0 Å². The molecule has 0 atom stereocenters. The maximum absolute atomic E-state index is 13.6. The van der Waals surface area contributed by atoms with Gasteiger partial charge >= 0.3 is 5.97 Å². The average molecular weight is 518 g/mol. The monoisotopic (exact) mass is 517 g/mol. The quantitative estimate of drug-likeness (QED) is 0.265. The highest BCUT2D eigenvalue weighted by atomic mass is 16.5. The van der Waals surface area contributed by atoms with E-state index in [4.69, 9.17) is 28.7 Å². The van der Waals surface area contributed by atoms with Crippen molar-refractivity contribution < 1.29 is 28.5 Å². The first kappa shape index (κ1) is 26.5. The summed E-state index contributed by atoms with van der Waals surface area (Å²) in [5, 5.41) is 0.696. The Balaban J connectivity index is 2.07. The van der Waals surface area contributed by atoms with Gasteiger partial charge < -0.3 is 28.6 Å². The topological polar surface area (TPSA) is 92.2 Å². The average Bonchev–Trinajstić information content (AvgIpc) is 2.95. The third-order valence-corrected chi connectivity index (χ3v) is 6.14. The fourth-order valence-corrected chi connectivity index (χ4v) is 4.36. The van der Waals surface area contributed by atoms with Gasteiger partial charge in [0.15, 0.2) is 23.0 Å². The van der Waals surface area contributed by atoms with E-state index >= 15 is 0 Å². The molecule has 0 aliphatic heterocycles. The standard InChI is InChI=1S/C29H31N3O6/c1-7-38-29(33)28-21(17-32(2)26-10-8-9-13-30-26)31-20-16-25(37-6)24(36-5)15-19(20)27(28)18-11-12-22(34-3)23(14-18)35-4/h8-16H,7,17H2,1-6H3. The fourth-order valence-electron chi connectivity index (χ4n) is 4.36. The molecule has 9 heteroatoms. The van der Waals surface area contributed by atoms with E-state index in [2.05, 4.69) is 4.98 Å². The predicted molar refractivity (Wildman–Crippen MR) is 146 cm³/mol. The Bertz CT molecular complexity index is 1440. The molecule has 0 spiro atoms. The number of anilines is 1. The normalized spacial score (nSPS) is 10.7. The molecule has 198 valence electrons. The number of pyridine rings is 2. The smallest absolute Gasteiger partial charge is 0.340 e. The van der Waals surface area contributed by atoms with Crippen molar-refractivity contribution in [2.75, 3.05) is 47.0 Å². The predicted octanol–water partition coefficient (Wildman–Crippen LogP) is 5.14. The van der Waals surface area contributed by atoms with Crippen LogP contribution in [0.4, 0.5) is 5.82 Å². The molecule has 0 N–H and O–H groups in total. The number of rotatable bonds is 10. The number of esters is 1. The van der Waals surface area contributed by atoms with Crippen LogP contribution < -0.4 is 23.8 Å². The number of carbonyl (C=O) groups excluding carboxylic acids is 1. The molecule has 0 bridgehead atoms. The number of carbonyl (C=O) groups is 1. The van der Waals surface area contributed by atoms with Crippen LogP contribution in [0.5, 0.6) is 23.0 Å². The third kappa shape index (κ3) is 5.13. The number of aromatic nitrogens is 2. The summed E-state index contributed by atoms with van der Waals surface area (Å²) in [4.78, 5) is 24.9. The Labute approximate surface area is 221 Å². The highest BCUT2D eigenvalue weighted by molar-refractivity contribution is 6.08. The summed E-state index contributed by atoms with van der Waals surface area (Å²) in [6.45, 7) is 2.29. The molecule has 0 saturated heterocycles. The lowest BCUT2D eigenvalue weighted by atomic mass is 9.93. The Kier molecular flexibility index (Phi) is 8.15. The molecule has 2 aromatic heterocycles. The number of ether oxygens (including phenoxy) is 5. The summed E-state index contributed by atoms with van der Waals surface area (Å²) in [6, 6.07) is 14.8. The molecule has 4 rings (SSSR count). The molecule has 2 heterocycles. The minimum atomic E-state index is -0.481. The lowest BCUT2D eigenvalue weighted by Gasteiger charge is -2.22. The van der Waals surface area contributed by atoms with Crippen LogP contribution in [0.2, 0.25) is 0 Å². The van der Waals surface area contributed by atoms with Crippen molar-refractivity contribution in [1.82, 2.24) is 9.97 Å². The van der Waals surface area contributed by atoms with Gasteiger partial charge in [0.1, 0.15) is 5.82 Å². The SMILES string of the molecule is CCOC(=O)c1c(CN(C)c2ccccn2)nc2cc(OC)c(OC)cc2c1-c1ccc(OC)c(OC)c1. The second-order valence-corrected chi connectivity index (χ2v) is 8.37. The molecule has 2 aromatic carbocycles. The van der Waals surface area contributed by atoms with Gasteiger partial charge in [-0.25, -0.2) is 14.8 Å². The van der Waals surface area contributed by atoms with Gasteiger partial charge in [-0.1, -0.05) is 12.1 Å². The number of benzene rings is 2. The Morgan fingerprint density at radius 2 is 1.55 bits per heavy atom. The van der Waals surface area contributed by atoms with Crippen molar-refractivity contribution in [3.63, 3.8) is 0 Å². The van der Waals surface area contributed by atoms with Gasteiger partial charge in [-0.05, 0) is 42.8 Å². The number of methoxy groups -OCH3 is 4. The first-order valence-corrected chi connectivity index (χ1v) is 12.1. The Hall–Kier alpha value is -4.53. The van der Waals surface area contributed by atoms with Crippen molar-refractivity contribution >= 4 is 22.7 Å². The Morgan fingerprint density at radius 3 is 2.18 bits per heavy atom. The van der Waals surface area contributed by atoms with Crippen LogP contribution >= 0.6 is 0 Å². The maximum Gasteiger partial charge on any atom is 0.340 e. The molecule has 0 radical (unpaired) electrons. The molecule has 38 heavy (non-hydrogen) atoms. The highest BCUT2D eigenvalue weighted by Gasteiger charge is 2.26. The maximum atomic E-state index is 13.6. The van der Waals surface area contributed by atoms with Gasteiger partial charge in [0.25, 0.3) is 0 Å². The number of fused-ring (bicyclic) bond motifs is 1. The third-order valence-electron chi connectivity index (χ3n) is 6.14. The summed E-state index contributed by atoms with van der Waals surface area (Å²) < 4.78 is 27.7. The van der Waals surface area contributed by atoms with Crippen LogP contribution in [-0.4, -0.2) is 58.0 Å². The van der Waals surface area contributed by atoms with Gasteiger partial charge in [-0.3, -0.25) is 0 Å². The van der Waals surface area contributed by atoms with Gasteiger partial charge in [-0.2, -0.15) is 0 Å². The number of hydrogen-bond donors (Lipinski definition) is 0. The zero-order valence-corrected chi connectivity index (χ0v) is 22.4. The van der Waals surface area contributed by atoms with E-state index in [0.29, 0.717) is 57.3 Å². The Morgan fingerprint density at radius 1 is 0.868 bits per heavy atom. The first-order chi connectivity index (χ1) is 18.4. The van der Waals surface area contributed by atoms with E-state index < -0.39 is 5.97 Å². The molecule has 4 aromatic rings. The summed E-state index contributed by atoms with van der Waals surface area (Å²) in [7, 11) is 8.18. The summed E-state index contributed by atoms with van der Waals surface area (Å²) in [5.74, 6) is 2.39. The minimum absolute atomic E-state index is 0.212. The van der Waals surface area contributed by atoms with Crippen molar-refractivity contribution in [2.24, 2.45) is 0 Å². The zero-order valence-electron chi connectivity index (χ0n) is 22.4.